The van der Waals surface area contributed by atoms with Gasteiger partial charge < -0.3 is 19.9 Å². The lowest BCUT2D eigenvalue weighted by atomic mass is 10.2. The molecule has 2 N–H and O–H groups in total. The van der Waals surface area contributed by atoms with Gasteiger partial charge in [-0.05, 0) is 20.8 Å². The Hall–Kier alpha value is -1.34. The van der Waals surface area contributed by atoms with E-state index in [0.717, 1.165) is 0 Å². The Balaban J connectivity index is 2.53. The van der Waals surface area contributed by atoms with Gasteiger partial charge in [-0.3, -0.25) is 9.89 Å². The number of carbonyl (C=O) groups is 1. The van der Waals surface area contributed by atoms with Gasteiger partial charge in [-0.1, -0.05) is 0 Å². The predicted octanol–water partition coefficient (Wildman–Crippen LogP) is 0.233. The van der Waals surface area contributed by atoms with Gasteiger partial charge in [-0.15, -0.1) is 0 Å². The van der Waals surface area contributed by atoms with Crippen LogP contribution in [-0.4, -0.2) is 73.5 Å². The van der Waals surface area contributed by atoms with Crippen molar-refractivity contribution in [2.24, 2.45) is 4.99 Å². The first kappa shape index (κ1) is 16.7. The molecule has 1 atom stereocenters. The molecule has 0 aromatic heterocycles. The summed E-state index contributed by atoms with van der Waals surface area (Å²) in [6.07, 6.45) is -0.348. The minimum Gasteiger partial charge on any atom is -0.444 e. The highest BCUT2D eigenvalue weighted by Gasteiger charge is 2.25. The second-order valence-electron chi connectivity index (χ2n) is 5.71. The summed E-state index contributed by atoms with van der Waals surface area (Å²) in [5.74, 6) is 0.665. The Bertz CT molecular complexity index is 352. The van der Waals surface area contributed by atoms with Crippen LogP contribution >= 0.6 is 0 Å². The molecule has 0 radical (unpaired) electrons. The second kappa shape index (κ2) is 7.44. The zero-order valence-corrected chi connectivity index (χ0v) is 12.7. The minimum atomic E-state index is -0.511. The smallest absolute Gasteiger partial charge is 0.410 e. The van der Waals surface area contributed by atoms with E-state index in [2.05, 4.69) is 10.3 Å². The quantitative estimate of drug-likeness (QED) is 0.773. The van der Waals surface area contributed by atoms with Crippen LogP contribution in [-0.2, 0) is 9.47 Å². The first-order valence-corrected chi connectivity index (χ1v) is 6.73. The number of nitrogens with one attached hydrogen (secondary N) is 1. The van der Waals surface area contributed by atoms with E-state index in [4.69, 9.17) is 9.47 Å². The summed E-state index contributed by atoms with van der Waals surface area (Å²) in [4.78, 5) is 17.9. The normalized spacial score (nSPS) is 17.4. The molecule has 0 aromatic rings. The molecule has 0 spiro atoms. The molecular formula is C13H25N3O4. The molecule has 1 amide bonds. The number of carbonyl (C=O) groups excluding carboxylic acids is 1. The molecule has 1 unspecified atom stereocenters. The molecule has 1 aliphatic rings. The molecule has 7 heteroatoms. The van der Waals surface area contributed by atoms with E-state index < -0.39 is 5.60 Å². The van der Waals surface area contributed by atoms with Crippen molar-refractivity contribution in [2.45, 2.75) is 32.4 Å². The number of hydrogen-bond acceptors (Lipinski definition) is 6. The summed E-state index contributed by atoms with van der Waals surface area (Å²) in [5.41, 5.74) is -0.511. The molecule has 116 valence electrons. The lowest BCUT2D eigenvalue weighted by molar-refractivity contribution is 0.0275. The SMILES string of the molecule is COCC(CO)NC1=NCCN(C(=O)OC(C)(C)C)C1. The fourth-order valence-corrected chi connectivity index (χ4v) is 1.77. The first-order valence-electron chi connectivity index (χ1n) is 6.73. The minimum absolute atomic E-state index is 0.0563. The lowest BCUT2D eigenvalue weighted by Crippen LogP contribution is -2.50. The van der Waals surface area contributed by atoms with Crippen LogP contribution in [0, 0.1) is 0 Å². The van der Waals surface area contributed by atoms with E-state index in [9.17, 15) is 9.90 Å². The zero-order valence-electron chi connectivity index (χ0n) is 12.7. The largest absolute Gasteiger partial charge is 0.444 e. The number of aliphatic hydroxyl groups excluding tert-OH is 1. The van der Waals surface area contributed by atoms with Crippen LogP contribution in [0.25, 0.3) is 0 Å². The third-order valence-electron chi connectivity index (χ3n) is 2.62. The van der Waals surface area contributed by atoms with Crippen molar-refractivity contribution in [1.29, 1.82) is 0 Å². The van der Waals surface area contributed by atoms with Gasteiger partial charge in [-0.2, -0.15) is 0 Å². The molecule has 1 rings (SSSR count). The number of hydrogen-bond donors (Lipinski definition) is 2. The fraction of sp³-hybridized carbons (Fsp3) is 0.846. The number of rotatable bonds is 4. The molecule has 0 aromatic carbocycles. The average molecular weight is 287 g/mol. The van der Waals surface area contributed by atoms with Crippen LogP contribution in [0.4, 0.5) is 4.79 Å². The maximum Gasteiger partial charge on any atom is 0.410 e. The van der Waals surface area contributed by atoms with E-state index >= 15 is 0 Å². The maximum absolute atomic E-state index is 12.0. The first-order chi connectivity index (χ1) is 9.35. The van der Waals surface area contributed by atoms with Gasteiger partial charge in [0.1, 0.15) is 11.4 Å². The van der Waals surface area contributed by atoms with E-state index in [1.807, 2.05) is 20.8 Å². The highest BCUT2D eigenvalue weighted by molar-refractivity contribution is 5.88. The number of amides is 1. The lowest BCUT2D eigenvalue weighted by Gasteiger charge is -2.31. The summed E-state index contributed by atoms with van der Waals surface area (Å²) in [6.45, 7) is 7.24. The molecule has 20 heavy (non-hydrogen) atoms. The van der Waals surface area contributed by atoms with Gasteiger partial charge in [0.05, 0.1) is 32.3 Å². The van der Waals surface area contributed by atoms with E-state index in [1.54, 1.807) is 12.0 Å². The van der Waals surface area contributed by atoms with E-state index in [-0.39, 0.29) is 18.7 Å². The number of aliphatic imine (C=N–C) groups is 1. The molecule has 1 heterocycles. The van der Waals surface area contributed by atoms with Crippen LogP contribution in [0.5, 0.6) is 0 Å². The van der Waals surface area contributed by atoms with Crippen LogP contribution in [0.1, 0.15) is 20.8 Å². The zero-order chi connectivity index (χ0) is 15.2. The summed E-state index contributed by atoms with van der Waals surface area (Å²) < 4.78 is 10.3. The molecule has 0 saturated carbocycles. The average Bonchev–Trinajstić information content (AvgIpc) is 2.36. The number of methoxy groups -OCH3 is 1. The van der Waals surface area contributed by atoms with Gasteiger partial charge >= 0.3 is 6.09 Å². The molecule has 7 nitrogen and oxygen atoms in total. The number of aliphatic hydroxyl groups is 1. The molecule has 0 fully saturated rings. The van der Waals surface area contributed by atoms with Crippen molar-refractivity contribution in [2.75, 3.05) is 40.0 Å². The van der Waals surface area contributed by atoms with Crippen LogP contribution in [0.15, 0.2) is 4.99 Å². The summed E-state index contributed by atoms with van der Waals surface area (Å²) >= 11 is 0. The van der Waals surface area contributed by atoms with Crippen molar-refractivity contribution in [3.8, 4) is 0 Å². The Morgan fingerprint density at radius 3 is 2.80 bits per heavy atom. The molecule has 0 saturated heterocycles. The van der Waals surface area contributed by atoms with Crippen molar-refractivity contribution in [1.82, 2.24) is 10.2 Å². The third-order valence-corrected chi connectivity index (χ3v) is 2.62. The molecule has 0 aliphatic carbocycles. The molecule has 1 aliphatic heterocycles. The summed E-state index contributed by atoms with van der Waals surface area (Å²) in [6, 6.07) is -0.225. The van der Waals surface area contributed by atoms with Crippen LogP contribution < -0.4 is 5.32 Å². The standard InChI is InChI=1S/C13H25N3O4/c1-13(2,3)20-12(18)16-6-5-14-11(7-16)15-10(8-17)9-19-4/h10,17H,5-9H2,1-4H3,(H,14,15). The van der Waals surface area contributed by atoms with Crippen LogP contribution in [0.3, 0.4) is 0 Å². The Kier molecular flexibility index (Phi) is 6.22. The monoisotopic (exact) mass is 287 g/mol. The number of ether oxygens (including phenoxy) is 2. The summed E-state index contributed by atoms with van der Waals surface area (Å²) in [7, 11) is 1.57. The van der Waals surface area contributed by atoms with Gasteiger partial charge in [0.2, 0.25) is 0 Å². The van der Waals surface area contributed by atoms with Crippen molar-refractivity contribution in [3.63, 3.8) is 0 Å². The van der Waals surface area contributed by atoms with Gasteiger partial charge in [0.15, 0.2) is 0 Å². The number of amidine groups is 1. The summed E-state index contributed by atoms with van der Waals surface area (Å²) in [5, 5.41) is 12.3. The van der Waals surface area contributed by atoms with E-state index in [0.29, 0.717) is 32.1 Å². The Morgan fingerprint density at radius 1 is 1.55 bits per heavy atom. The van der Waals surface area contributed by atoms with Crippen LogP contribution in [0.2, 0.25) is 0 Å². The highest BCUT2D eigenvalue weighted by Crippen LogP contribution is 2.11. The van der Waals surface area contributed by atoms with Gasteiger partial charge in [-0.25, -0.2) is 4.79 Å². The van der Waals surface area contributed by atoms with Gasteiger partial charge in [0, 0.05) is 13.7 Å². The van der Waals surface area contributed by atoms with E-state index in [1.165, 1.54) is 0 Å². The van der Waals surface area contributed by atoms with Crippen molar-refractivity contribution < 1.29 is 19.4 Å². The molecule has 0 bridgehead atoms. The van der Waals surface area contributed by atoms with Crippen molar-refractivity contribution in [3.05, 3.63) is 0 Å². The third kappa shape index (κ3) is 5.75. The second-order valence-corrected chi connectivity index (χ2v) is 5.71. The fourth-order valence-electron chi connectivity index (χ4n) is 1.77. The number of nitrogens with zero attached hydrogens (tertiary/aromatic N) is 2. The predicted molar refractivity (Wildman–Crippen MR) is 76.0 cm³/mol. The van der Waals surface area contributed by atoms with Crippen molar-refractivity contribution >= 4 is 11.9 Å². The molecular weight excluding hydrogens is 262 g/mol. The Labute approximate surface area is 120 Å². The Morgan fingerprint density at radius 2 is 2.25 bits per heavy atom. The highest BCUT2D eigenvalue weighted by atomic mass is 16.6. The maximum atomic E-state index is 12.0. The van der Waals surface area contributed by atoms with Gasteiger partial charge in [0.25, 0.3) is 0 Å². The topological polar surface area (TPSA) is 83.4 Å².